The average molecular weight is 216 g/mol. The molecule has 0 amide bonds. The molecule has 0 heterocycles. The molecule has 4 nitrogen and oxygen atoms in total. The number of carboxylic acid groups (broad SMARTS) is 1. The van der Waals surface area contributed by atoms with Crippen LogP contribution in [0.2, 0.25) is 0 Å². The standard InChI is InChI=1S/C9H9NO3.ClH/c1-5(11)8-4-6(10)2-3-7(8)9(12)13;/h2-4H,10H2,1H3,(H,12,13);1H. The molecule has 5 heteroatoms. The lowest BCUT2D eigenvalue weighted by molar-refractivity contribution is 0.0692. The molecular weight excluding hydrogens is 206 g/mol. The zero-order valence-corrected chi connectivity index (χ0v) is 8.30. The van der Waals surface area contributed by atoms with E-state index in [0.717, 1.165) is 0 Å². The number of anilines is 1. The summed E-state index contributed by atoms with van der Waals surface area (Å²) >= 11 is 0. The summed E-state index contributed by atoms with van der Waals surface area (Å²) < 4.78 is 0. The zero-order chi connectivity index (χ0) is 10.0. The minimum atomic E-state index is -1.12. The van der Waals surface area contributed by atoms with Crippen molar-refractivity contribution in [3.63, 3.8) is 0 Å². The number of rotatable bonds is 2. The second kappa shape index (κ2) is 4.62. The van der Waals surface area contributed by atoms with E-state index in [4.69, 9.17) is 10.8 Å². The van der Waals surface area contributed by atoms with Crippen molar-refractivity contribution in [1.82, 2.24) is 0 Å². The molecule has 0 unspecified atom stereocenters. The van der Waals surface area contributed by atoms with E-state index >= 15 is 0 Å². The number of carboxylic acids is 1. The smallest absolute Gasteiger partial charge is 0.336 e. The SMILES string of the molecule is CC(=O)c1cc(N)ccc1C(=O)O.Cl. The molecule has 0 aliphatic rings. The largest absolute Gasteiger partial charge is 0.478 e. The first kappa shape index (κ1) is 12.4. The molecule has 1 aromatic carbocycles. The summed E-state index contributed by atoms with van der Waals surface area (Å²) in [5.41, 5.74) is 5.94. The fraction of sp³-hybridized carbons (Fsp3) is 0.111. The minimum Gasteiger partial charge on any atom is -0.478 e. The van der Waals surface area contributed by atoms with Crippen molar-refractivity contribution < 1.29 is 14.7 Å². The van der Waals surface area contributed by atoms with Gasteiger partial charge in [-0.25, -0.2) is 4.79 Å². The fourth-order valence-electron chi connectivity index (χ4n) is 1.04. The highest BCUT2D eigenvalue weighted by atomic mass is 35.5. The molecule has 14 heavy (non-hydrogen) atoms. The van der Waals surface area contributed by atoms with E-state index in [1.54, 1.807) is 0 Å². The molecule has 0 aromatic heterocycles. The van der Waals surface area contributed by atoms with Gasteiger partial charge < -0.3 is 10.8 Å². The van der Waals surface area contributed by atoms with E-state index < -0.39 is 5.97 Å². The molecule has 0 aliphatic carbocycles. The molecule has 0 saturated carbocycles. The van der Waals surface area contributed by atoms with Crippen LogP contribution in [0.5, 0.6) is 0 Å². The van der Waals surface area contributed by atoms with Crippen LogP contribution in [0.3, 0.4) is 0 Å². The molecule has 76 valence electrons. The molecule has 3 N–H and O–H groups in total. The highest BCUT2D eigenvalue weighted by molar-refractivity contribution is 6.05. The number of nitrogens with two attached hydrogens (primary N) is 1. The maximum atomic E-state index is 11.0. The Kier molecular flexibility index (Phi) is 4.11. The number of halogens is 1. The monoisotopic (exact) mass is 215 g/mol. The Morgan fingerprint density at radius 3 is 2.29 bits per heavy atom. The number of hydrogen-bond donors (Lipinski definition) is 2. The van der Waals surface area contributed by atoms with E-state index in [9.17, 15) is 9.59 Å². The van der Waals surface area contributed by atoms with Crippen LogP contribution in [-0.2, 0) is 0 Å². The van der Waals surface area contributed by atoms with Gasteiger partial charge in [-0.3, -0.25) is 4.79 Å². The molecule has 0 spiro atoms. The van der Waals surface area contributed by atoms with Gasteiger partial charge in [-0.1, -0.05) is 0 Å². The van der Waals surface area contributed by atoms with Crippen LogP contribution >= 0.6 is 12.4 Å². The van der Waals surface area contributed by atoms with Gasteiger partial charge in [0.05, 0.1) is 5.56 Å². The number of Topliss-reactive ketones (excluding diaryl/α,β-unsaturated/α-hetero) is 1. The predicted octanol–water partition coefficient (Wildman–Crippen LogP) is 1.59. The van der Waals surface area contributed by atoms with Crippen LogP contribution in [0.15, 0.2) is 18.2 Å². The Morgan fingerprint density at radius 2 is 1.86 bits per heavy atom. The van der Waals surface area contributed by atoms with Gasteiger partial charge in [0.15, 0.2) is 5.78 Å². The Balaban J connectivity index is 0.00000169. The van der Waals surface area contributed by atoms with Gasteiger partial charge in [0.2, 0.25) is 0 Å². The van der Waals surface area contributed by atoms with Crippen LogP contribution in [0.4, 0.5) is 5.69 Å². The summed E-state index contributed by atoms with van der Waals surface area (Å²) in [7, 11) is 0. The molecule has 0 saturated heterocycles. The van der Waals surface area contributed by atoms with Crippen molar-refractivity contribution in [3.8, 4) is 0 Å². The van der Waals surface area contributed by atoms with Gasteiger partial charge >= 0.3 is 5.97 Å². The molecule has 0 radical (unpaired) electrons. The summed E-state index contributed by atoms with van der Waals surface area (Å²) in [5, 5.41) is 8.71. The molecule has 0 atom stereocenters. The topological polar surface area (TPSA) is 80.4 Å². The van der Waals surface area contributed by atoms with E-state index in [0.29, 0.717) is 5.69 Å². The maximum absolute atomic E-state index is 11.0. The van der Waals surface area contributed by atoms with Crippen molar-refractivity contribution in [3.05, 3.63) is 29.3 Å². The lowest BCUT2D eigenvalue weighted by Crippen LogP contribution is -2.06. The normalized spacial score (nSPS) is 8.93. The average Bonchev–Trinajstić information content (AvgIpc) is 2.03. The van der Waals surface area contributed by atoms with E-state index in [1.165, 1.54) is 25.1 Å². The molecule has 0 bridgehead atoms. The first-order chi connectivity index (χ1) is 6.02. The lowest BCUT2D eigenvalue weighted by atomic mass is 10.0. The van der Waals surface area contributed by atoms with Crippen molar-refractivity contribution in [2.75, 3.05) is 5.73 Å². The van der Waals surface area contributed by atoms with Crippen LogP contribution in [0.25, 0.3) is 0 Å². The number of benzene rings is 1. The first-order valence-corrected chi connectivity index (χ1v) is 3.66. The number of hydrogen-bond acceptors (Lipinski definition) is 3. The van der Waals surface area contributed by atoms with E-state index in [2.05, 4.69) is 0 Å². The number of ketones is 1. The van der Waals surface area contributed by atoms with Crippen LogP contribution in [0, 0.1) is 0 Å². The fourth-order valence-corrected chi connectivity index (χ4v) is 1.04. The molecule has 0 aliphatic heterocycles. The van der Waals surface area contributed by atoms with Crippen molar-refractivity contribution >= 4 is 29.8 Å². The van der Waals surface area contributed by atoms with Crippen LogP contribution in [0.1, 0.15) is 27.6 Å². The summed E-state index contributed by atoms with van der Waals surface area (Å²) in [6, 6.07) is 4.15. The van der Waals surface area contributed by atoms with E-state index in [1.807, 2.05) is 0 Å². The summed E-state index contributed by atoms with van der Waals surface area (Å²) in [6.45, 7) is 1.31. The van der Waals surface area contributed by atoms with Gasteiger partial charge in [-0.15, -0.1) is 12.4 Å². The minimum absolute atomic E-state index is 0. The van der Waals surface area contributed by atoms with Crippen molar-refractivity contribution in [1.29, 1.82) is 0 Å². The van der Waals surface area contributed by atoms with Gasteiger partial charge in [-0.05, 0) is 25.1 Å². The number of aromatic carboxylic acids is 1. The predicted molar refractivity (Wildman–Crippen MR) is 55.1 cm³/mol. The number of nitrogen functional groups attached to an aromatic ring is 1. The van der Waals surface area contributed by atoms with Crippen LogP contribution in [-0.4, -0.2) is 16.9 Å². The molecule has 1 rings (SSSR count). The zero-order valence-electron chi connectivity index (χ0n) is 7.48. The van der Waals surface area contributed by atoms with Crippen molar-refractivity contribution in [2.24, 2.45) is 0 Å². The Morgan fingerprint density at radius 1 is 1.29 bits per heavy atom. The number of carbonyl (C=O) groups excluding carboxylic acids is 1. The third-order valence-electron chi connectivity index (χ3n) is 1.65. The Labute approximate surface area is 87.1 Å². The lowest BCUT2D eigenvalue weighted by Gasteiger charge is -2.02. The number of carbonyl (C=O) groups is 2. The quantitative estimate of drug-likeness (QED) is 0.580. The first-order valence-electron chi connectivity index (χ1n) is 3.66. The molecular formula is C9H10ClNO3. The highest BCUT2D eigenvalue weighted by Crippen LogP contribution is 2.14. The molecule has 1 aromatic rings. The second-order valence-corrected chi connectivity index (χ2v) is 2.67. The van der Waals surface area contributed by atoms with Gasteiger partial charge in [0.1, 0.15) is 0 Å². The maximum Gasteiger partial charge on any atom is 0.336 e. The Hall–Kier alpha value is -1.55. The van der Waals surface area contributed by atoms with E-state index in [-0.39, 0.29) is 29.3 Å². The molecule has 0 fully saturated rings. The van der Waals surface area contributed by atoms with Gasteiger partial charge in [0.25, 0.3) is 0 Å². The van der Waals surface area contributed by atoms with Crippen LogP contribution < -0.4 is 5.73 Å². The van der Waals surface area contributed by atoms with Gasteiger partial charge in [-0.2, -0.15) is 0 Å². The second-order valence-electron chi connectivity index (χ2n) is 2.67. The third-order valence-corrected chi connectivity index (χ3v) is 1.65. The summed E-state index contributed by atoms with van der Waals surface area (Å²) in [6.07, 6.45) is 0. The summed E-state index contributed by atoms with van der Waals surface area (Å²) in [5.74, 6) is -1.42. The summed E-state index contributed by atoms with van der Waals surface area (Å²) in [4.78, 5) is 21.6. The Bertz CT molecular complexity index is 376. The third kappa shape index (κ3) is 2.47. The highest BCUT2D eigenvalue weighted by Gasteiger charge is 2.12. The van der Waals surface area contributed by atoms with Crippen molar-refractivity contribution in [2.45, 2.75) is 6.92 Å². The van der Waals surface area contributed by atoms with Gasteiger partial charge in [0, 0.05) is 11.3 Å².